The van der Waals surface area contributed by atoms with Crippen molar-refractivity contribution >= 4 is 9.84 Å². The van der Waals surface area contributed by atoms with E-state index in [0.29, 0.717) is 17.5 Å². The highest BCUT2D eigenvalue weighted by molar-refractivity contribution is 7.91. The molecule has 0 heterocycles. The van der Waals surface area contributed by atoms with Crippen molar-refractivity contribution in [1.29, 1.82) is 0 Å². The summed E-state index contributed by atoms with van der Waals surface area (Å²) >= 11 is 0. The molecule has 16 heavy (non-hydrogen) atoms. The topological polar surface area (TPSA) is 46.2 Å². The average Bonchev–Trinajstić information content (AvgIpc) is 2.23. The van der Waals surface area contributed by atoms with Gasteiger partial charge in [-0.15, -0.1) is 0 Å². The van der Waals surface area contributed by atoms with Crippen molar-refractivity contribution < 1.29 is 8.42 Å². The van der Waals surface area contributed by atoms with E-state index in [4.69, 9.17) is 0 Å². The van der Waals surface area contributed by atoms with Crippen LogP contribution in [0.1, 0.15) is 47.0 Å². The highest BCUT2D eigenvalue weighted by atomic mass is 32.2. The molecular weight excluding hydrogens is 222 g/mol. The lowest BCUT2D eigenvalue weighted by Gasteiger charge is -2.14. The smallest absolute Gasteiger partial charge is 0.150 e. The predicted octanol–water partition coefficient (Wildman–Crippen LogP) is 2.23. The Bertz CT molecular complexity index is 262. The highest BCUT2D eigenvalue weighted by Gasteiger charge is 2.15. The van der Waals surface area contributed by atoms with Gasteiger partial charge in [-0.05, 0) is 32.2 Å². The van der Waals surface area contributed by atoms with E-state index in [1.807, 2.05) is 13.8 Å². The largest absolute Gasteiger partial charge is 0.314 e. The molecule has 0 spiro atoms. The molecule has 0 aromatic rings. The van der Waals surface area contributed by atoms with Crippen LogP contribution in [0.4, 0.5) is 0 Å². The van der Waals surface area contributed by atoms with Crippen LogP contribution in [-0.4, -0.2) is 32.5 Å². The Labute approximate surface area is 101 Å². The highest BCUT2D eigenvalue weighted by Crippen LogP contribution is 2.07. The first-order valence-electron chi connectivity index (χ1n) is 6.35. The van der Waals surface area contributed by atoms with Crippen molar-refractivity contribution in [3.8, 4) is 0 Å². The van der Waals surface area contributed by atoms with E-state index in [1.165, 1.54) is 0 Å². The molecule has 0 aliphatic carbocycles. The molecule has 3 nitrogen and oxygen atoms in total. The van der Waals surface area contributed by atoms with E-state index in [9.17, 15) is 8.42 Å². The molecule has 0 saturated carbocycles. The van der Waals surface area contributed by atoms with Gasteiger partial charge in [0.2, 0.25) is 0 Å². The molecule has 0 radical (unpaired) electrons. The molecule has 0 saturated heterocycles. The zero-order valence-corrected chi connectivity index (χ0v) is 11.9. The minimum Gasteiger partial charge on any atom is -0.314 e. The van der Waals surface area contributed by atoms with Gasteiger partial charge in [-0.3, -0.25) is 0 Å². The van der Waals surface area contributed by atoms with Gasteiger partial charge in [0.25, 0.3) is 0 Å². The molecule has 0 amide bonds. The van der Waals surface area contributed by atoms with Gasteiger partial charge in [-0.2, -0.15) is 0 Å². The van der Waals surface area contributed by atoms with Crippen LogP contribution < -0.4 is 5.32 Å². The van der Waals surface area contributed by atoms with Crippen LogP contribution in [0.2, 0.25) is 0 Å². The van der Waals surface area contributed by atoms with Gasteiger partial charge in [0.1, 0.15) is 0 Å². The molecule has 0 aliphatic rings. The van der Waals surface area contributed by atoms with Crippen molar-refractivity contribution in [3.05, 3.63) is 0 Å². The molecule has 0 aromatic carbocycles. The Morgan fingerprint density at radius 1 is 1.19 bits per heavy atom. The van der Waals surface area contributed by atoms with Crippen LogP contribution in [0.25, 0.3) is 0 Å². The Balaban J connectivity index is 3.90. The number of rotatable bonds is 9. The number of hydrogen-bond acceptors (Lipinski definition) is 3. The summed E-state index contributed by atoms with van der Waals surface area (Å²) in [6.07, 6.45) is 2.74. The molecule has 0 bridgehead atoms. The van der Waals surface area contributed by atoms with Crippen molar-refractivity contribution in [1.82, 2.24) is 5.32 Å². The second kappa shape index (κ2) is 8.07. The van der Waals surface area contributed by atoms with Crippen LogP contribution in [0.15, 0.2) is 0 Å². The van der Waals surface area contributed by atoms with E-state index in [1.54, 1.807) is 0 Å². The number of nitrogens with one attached hydrogen (secondary N) is 1. The fourth-order valence-corrected chi connectivity index (χ4v) is 3.47. The first-order valence-corrected chi connectivity index (χ1v) is 8.17. The second-order valence-corrected chi connectivity index (χ2v) is 7.00. The van der Waals surface area contributed by atoms with Crippen LogP contribution >= 0.6 is 0 Å². The lowest BCUT2D eigenvalue weighted by atomic mass is 10.2. The summed E-state index contributed by atoms with van der Waals surface area (Å²) in [5, 5.41) is 3.31. The molecule has 98 valence electrons. The van der Waals surface area contributed by atoms with Crippen molar-refractivity contribution in [2.45, 2.75) is 53.0 Å². The summed E-state index contributed by atoms with van der Waals surface area (Å²) in [6.45, 7) is 9.16. The Morgan fingerprint density at radius 3 is 2.31 bits per heavy atom. The third-order valence-corrected chi connectivity index (χ3v) is 4.77. The Kier molecular flexibility index (Phi) is 8.02. The molecule has 0 aliphatic heterocycles. The third kappa shape index (κ3) is 8.11. The first kappa shape index (κ1) is 15.9. The quantitative estimate of drug-likeness (QED) is 0.681. The van der Waals surface area contributed by atoms with Gasteiger partial charge >= 0.3 is 0 Å². The first-order chi connectivity index (χ1) is 7.41. The van der Waals surface area contributed by atoms with Crippen molar-refractivity contribution in [2.75, 3.05) is 18.1 Å². The van der Waals surface area contributed by atoms with E-state index < -0.39 is 9.84 Å². The Morgan fingerprint density at radius 2 is 1.81 bits per heavy atom. The van der Waals surface area contributed by atoms with E-state index in [-0.39, 0.29) is 5.92 Å². The van der Waals surface area contributed by atoms with Crippen LogP contribution in [0, 0.1) is 5.92 Å². The van der Waals surface area contributed by atoms with E-state index >= 15 is 0 Å². The van der Waals surface area contributed by atoms with E-state index in [0.717, 1.165) is 25.8 Å². The van der Waals surface area contributed by atoms with Gasteiger partial charge in [-0.1, -0.05) is 27.2 Å². The monoisotopic (exact) mass is 249 g/mol. The Hall–Kier alpha value is -0.0900. The molecule has 2 unspecified atom stereocenters. The fourth-order valence-electron chi connectivity index (χ4n) is 1.48. The summed E-state index contributed by atoms with van der Waals surface area (Å²) in [5.41, 5.74) is 0. The SMILES string of the molecule is CCCNC(C)CCS(=O)(=O)CC(C)CC. The maximum Gasteiger partial charge on any atom is 0.150 e. The van der Waals surface area contributed by atoms with Gasteiger partial charge < -0.3 is 5.32 Å². The lowest BCUT2D eigenvalue weighted by Crippen LogP contribution is -2.29. The minimum atomic E-state index is -2.85. The van der Waals surface area contributed by atoms with Gasteiger partial charge in [0, 0.05) is 6.04 Å². The van der Waals surface area contributed by atoms with Crippen molar-refractivity contribution in [3.63, 3.8) is 0 Å². The van der Waals surface area contributed by atoms with Crippen LogP contribution in [0.3, 0.4) is 0 Å². The fraction of sp³-hybridized carbons (Fsp3) is 1.00. The predicted molar refractivity (Wildman–Crippen MR) is 70.5 cm³/mol. The average molecular weight is 249 g/mol. The summed E-state index contributed by atoms with van der Waals surface area (Å²) in [7, 11) is -2.85. The molecule has 2 atom stereocenters. The van der Waals surface area contributed by atoms with Crippen LogP contribution in [-0.2, 0) is 9.84 Å². The van der Waals surface area contributed by atoms with Gasteiger partial charge in [0.05, 0.1) is 11.5 Å². The normalized spacial score (nSPS) is 16.0. The summed E-state index contributed by atoms with van der Waals surface area (Å²) in [5.74, 6) is 0.933. The number of hydrogen-bond donors (Lipinski definition) is 1. The van der Waals surface area contributed by atoms with Crippen LogP contribution in [0.5, 0.6) is 0 Å². The zero-order chi connectivity index (χ0) is 12.6. The summed E-state index contributed by atoms with van der Waals surface area (Å²) in [4.78, 5) is 0. The zero-order valence-electron chi connectivity index (χ0n) is 11.1. The van der Waals surface area contributed by atoms with Crippen molar-refractivity contribution in [2.24, 2.45) is 5.92 Å². The molecule has 4 heteroatoms. The summed E-state index contributed by atoms with van der Waals surface area (Å²) in [6, 6.07) is 0.298. The molecule has 1 N–H and O–H groups in total. The van der Waals surface area contributed by atoms with Gasteiger partial charge in [0.15, 0.2) is 9.84 Å². The molecule has 0 aromatic heterocycles. The second-order valence-electron chi connectivity index (χ2n) is 4.77. The maximum absolute atomic E-state index is 11.8. The maximum atomic E-state index is 11.8. The lowest BCUT2D eigenvalue weighted by molar-refractivity contribution is 0.520. The standard InChI is InChI=1S/C12H27NO2S/c1-5-8-13-12(4)7-9-16(14,15)10-11(3)6-2/h11-13H,5-10H2,1-4H3. The summed E-state index contributed by atoms with van der Waals surface area (Å²) < 4.78 is 23.5. The van der Waals surface area contributed by atoms with Gasteiger partial charge in [-0.25, -0.2) is 8.42 Å². The molecular formula is C12H27NO2S. The van der Waals surface area contributed by atoms with E-state index in [2.05, 4.69) is 19.2 Å². The third-order valence-electron chi connectivity index (χ3n) is 2.84. The molecule has 0 fully saturated rings. The number of sulfone groups is 1. The minimum absolute atomic E-state index is 0.281. The molecule has 0 rings (SSSR count).